The summed E-state index contributed by atoms with van der Waals surface area (Å²) in [5, 5.41) is 2.48. The normalized spacial score (nSPS) is 12.7. The Labute approximate surface area is 172 Å². The largest absolute Gasteiger partial charge is 0.448 e. The molecule has 1 aromatic carbocycles. The summed E-state index contributed by atoms with van der Waals surface area (Å²) in [6.45, 7) is 6.01. The molecule has 0 bridgehead atoms. The van der Waals surface area contributed by atoms with Gasteiger partial charge in [0, 0.05) is 32.7 Å². The first kappa shape index (κ1) is 24.2. The number of benzene rings is 1. The van der Waals surface area contributed by atoms with Crippen LogP contribution in [0.15, 0.2) is 39.8 Å². The van der Waals surface area contributed by atoms with Crippen LogP contribution in [0.5, 0.6) is 0 Å². The van der Waals surface area contributed by atoms with Crippen LogP contribution in [0.1, 0.15) is 53.1 Å². The Kier molecular flexibility index (Phi) is 8.25. The second-order valence-corrected chi connectivity index (χ2v) is 9.04. The Hall–Kier alpha value is -1.87. The Bertz CT molecular complexity index is 906. The molecule has 28 heavy (non-hydrogen) atoms. The van der Waals surface area contributed by atoms with Crippen LogP contribution in [0.2, 0.25) is 0 Å². The molecule has 0 aliphatic carbocycles. The Morgan fingerprint density at radius 3 is 2.21 bits per heavy atom. The predicted molar refractivity (Wildman–Crippen MR) is 111 cm³/mol. The second-order valence-electron chi connectivity index (χ2n) is 6.96. The number of nitrogens with zero attached hydrogens (tertiary/aromatic N) is 1. The van der Waals surface area contributed by atoms with Gasteiger partial charge < -0.3 is 15.5 Å². The van der Waals surface area contributed by atoms with E-state index < -0.39 is 15.9 Å². The molecule has 1 atom stereocenters. The number of hydrogen-bond donors (Lipinski definition) is 2. The van der Waals surface area contributed by atoms with Crippen molar-refractivity contribution in [2.75, 3.05) is 20.6 Å². The van der Waals surface area contributed by atoms with Gasteiger partial charge in [0.25, 0.3) is 15.9 Å². The molecule has 2 aromatic rings. The van der Waals surface area contributed by atoms with Gasteiger partial charge in [-0.25, -0.2) is 12.7 Å². The summed E-state index contributed by atoms with van der Waals surface area (Å²) >= 11 is 0. The molecule has 1 heterocycles. The van der Waals surface area contributed by atoms with E-state index in [-0.39, 0.29) is 41.4 Å². The van der Waals surface area contributed by atoms with E-state index in [1.807, 2.05) is 24.3 Å². The molecule has 1 aromatic heterocycles. The zero-order valence-electron chi connectivity index (χ0n) is 16.7. The van der Waals surface area contributed by atoms with Crippen LogP contribution in [-0.2, 0) is 10.0 Å². The zero-order chi connectivity index (χ0) is 20.4. The molecule has 156 valence electrons. The molecule has 2 rings (SSSR count). The van der Waals surface area contributed by atoms with Crippen LogP contribution in [0.3, 0.4) is 0 Å². The van der Waals surface area contributed by atoms with E-state index in [1.165, 1.54) is 25.7 Å². The summed E-state index contributed by atoms with van der Waals surface area (Å²) in [6.07, 6.45) is 0. The van der Waals surface area contributed by atoms with Gasteiger partial charge in [0.15, 0.2) is 0 Å². The number of amides is 1. The number of rotatable bonds is 7. The van der Waals surface area contributed by atoms with Crippen LogP contribution >= 0.6 is 12.4 Å². The number of carbonyl (C=O) groups is 1. The number of sulfonamides is 1. The van der Waals surface area contributed by atoms with Crippen molar-refractivity contribution in [1.29, 1.82) is 0 Å². The summed E-state index contributed by atoms with van der Waals surface area (Å²) in [7, 11) is -0.937. The highest BCUT2D eigenvalue weighted by Gasteiger charge is 2.25. The van der Waals surface area contributed by atoms with Crippen molar-refractivity contribution in [2.24, 2.45) is 5.73 Å². The molecule has 7 nitrogen and oxygen atoms in total. The number of furan rings is 1. The molecule has 0 radical (unpaired) electrons. The molecule has 0 saturated carbocycles. The van der Waals surface area contributed by atoms with Crippen LogP contribution in [0.4, 0.5) is 0 Å². The lowest BCUT2D eigenvalue weighted by molar-refractivity contribution is 0.0949. The van der Waals surface area contributed by atoms with Gasteiger partial charge in [0.2, 0.25) is 5.09 Å². The van der Waals surface area contributed by atoms with Crippen molar-refractivity contribution in [3.63, 3.8) is 0 Å². The van der Waals surface area contributed by atoms with Crippen molar-refractivity contribution < 1.29 is 17.6 Å². The molecule has 0 spiro atoms. The predicted octanol–water partition coefficient (Wildman–Crippen LogP) is 2.81. The Morgan fingerprint density at radius 2 is 1.71 bits per heavy atom. The second kappa shape index (κ2) is 9.56. The summed E-state index contributed by atoms with van der Waals surface area (Å²) < 4.78 is 30.6. The van der Waals surface area contributed by atoms with E-state index in [1.54, 1.807) is 6.92 Å². The molecular formula is C19H28ClN3O4S. The van der Waals surface area contributed by atoms with Gasteiger partial charge in [-0.15, -0.1) is 12.4 Å². The smallest absolute Gasteiger partial charge is 0.275 e. The molecule has 0 fully saturated rings. The lowest BCUT2D eigenvalue weighted by Gasteiger charge is -2.14. The highest BCUT2D eigenvalue weighted by Crippen LogP contribution is 2.22. The van der Waals surface area contributed by atoms with E-state index in [0.29, 0.717) is 5.92 Å². The maximum atomic E-state index is 12.4. The van der Waals surface area contributed by atoms with E-state index >= 15 is 0 Å². The molecule has 9 heteroatoms. The van der Waals surface area contributed by atoms with Gasteiger partial charge in [-0.2, -0.15) is 0 Å². The molecule has 3 N–H and O–H groups in total. The minimum atomic E-state index is -3.74. The van der Waals surface area contributed by atoms with E-state index in [9.17, 15) is 13.2 Å². The first-order valence-electron chi connectivity index (χ1n) is 8.70. The molecule has 1 amide bonds. The lowest BCUT2D eigenvalue weighted by Crippen LogP contribution is -2.32. The maximum absolute atomic E-state index is 12.4. The summed E-state index contributed by atoms with van der Waals surface area (Å²) in [4.78, 5) is 12.4. The average molecular weight is 430 g/mol. The molecule has 0 aliphatic heterocycles. The molecular weight excluding hydrogens is 402 g/mol. The third-order valence-corrected chi connectivity index (χ3v) is 6.06. The lowest BCUT2D eigenvalue weighted by atomic mass is 9.99. The van der Waals surface area contributed by atoms with Gasteiger partial charge >= 0.3 is 0 Å². The number of nitrogens with two attached hydrogens (primary N) is 1. The molecule has 0 saturated heterocycles. The fourth-order valence-corrected chi connectivity index (χ4v) is 3.39. The van der Waals surface area contributed by atoms with Gasteiger partial charge in [-0.3, -0.25) is 4.79 Å². The third kappa shape index (κ3) is 5.35. The standard InChI is InChI=1S/C19H27N3O4S.ClH/c1-12(2)14-6-8-15(9-7-14)17(20)11-21-19(23)16-10-18(26-13(16)3)27(24,25)22(4)5;/h6-10,12,17H,11,20H2,1-5H3,(H,21,23);1H. The van der Waals surface area contributed by atoms with Crippen molar-refractivity contribution in [2.45, 2.75) is 37.8 Å². The SMILES string of the molecule is Cc1oc(S(=O)(=O)N(C)C)cc1C(=O)NCC(N)c1ccc(C(C)C)cc1.Cl. The van der Waals surface area contributed by atoms with Crippen molar-refractivity contribution in [1.82, 2.24) is 9.62 Å². The van der Waals surface area contributed by atoms with Crippen molar-refractivity contribution in [3.8, 4) is 0 Å². The number of hydrogen-bond acceptors (Lipinski definition) is 5. The Balaban J connectivity index is 0.00000392. The van der Waals surface area contributed by atoms with Gasteiger partial charge in [0.05, 0.1) is 5.56 Å². The third-order valence-electron chi connectivity index (χ3n) is 4.39. The Morgan fingerprint density at radius 1 is 1.18 bits per heavy atom. The van der Waals surface area contributed by atoms with Crippen LogP contribution in [-0.4, -0.2) is 39.3 Å². The first-order chi connectivity index (χ1) is 12.5. The van der Waals surface area contributed by atoms with Gasteiger partial charge in [-0.1, -0.05) is 38.1 Å². The zero-order valence-corrected chi connectivity index (χ0v) is 18.4. The monoisotopic (exact) mass is 429 g/mol. The number of nitrogens with one attached hydrogen (secondary N) is 1. The maximum Gasteiger partial charge on any atom is 0.275 e. The molecule has 0 aliphatic rings. The van der Waals surface area contributed by atoms with Gasteiger partial charge in [-0.05, 0) is 24.0 Å². The number of carbonyl (C=O) groups excluding carboxylic acids is 1. The van der Waals surface area contributed by atoms with E-state index in [4.69, 9.17) is 10.2 Å². The quantitative estimate of drug-likeness (QED) is 0.703. The van der Waals surface area contributed by atoms with Crippen LogP contribution in [0, 0.1) is 6.92 Å². The topological polar surface area (TPSA) is 106 Å². The summed E-state index contributed by atoms with van der Waals surface area (Å²) in [5.74, 6) is 0.250. The summed E-state index contributed by atoms with van der Waals surface area (Å²) in [6, 6.07) is 8.84. The number of aryl methyl sites for hydroxylation is 1. The van der Waals surface area contributed by atoms with Crippen LogP contribution < -0.4 is 11.1 Å². The average Bonchev–Trinajstić information content (AvgIpc) is 3.01. The molecule has 1 unspecified atom stereocenters. The van der Waals surface area contributed by atoms with E-state index in [2.05, 4.69) is 19.2 Å². The van der Waals surface area contributed by atoms with Crippen molar-refractivity contribution >= 4 is 28.3 Å². The summed E-state index contributed by atoms with van der Waals surface area (Å²) in [5.41, 5.74) is 8.47. The van der Waals surface area contributed by atoms with Crippen LogP contribution in [0.25, 0.3) is 0 Å². The fraction of sp³-hybridized carbons (Fsp3) is 0.421. The van der Waals surface area contributed by atoms with Gasteiger partial charge in [0.1, 0.15) is 5.76 Å². The highest BCUT2D eigenvalue weighted by atomic mass is 35.5. The number of halogens is 1. The highest BCUT2D eigenvalue weighted by molar-refractivity contribution is 7.88. The van der Waals surface area contributed by atoms with Crippen molar-refractivity contribution in [3.05, 3.63) is 52.8 Å². The first-order valence-corrected chi connectivity index (χ1v) is 10.1. The minimum Gasteiger partial charge on any atom is -0.448 e. The van der Waals surface area contributed by atoms with E-state index in [0.717, 1.165) is 9.87 Å². The fourth-order valence-electron chi connectivity index (χ4n) is 2.53. The minimum absolute atomic E-state index is 0.